The molecule has 0 unspecified atom stereocenters. The summed E-state index contributed by atoms with van der Waals surface area (Å²) >= 11 is 4.89. The zero-order valence-corrected chi connectivity index (χ0v) is 11.2. The van der Waals surface area contributed by atoms with E-state index in [1.807, 2.05) is 6.26 Å². The summed E-state index contributed by atoms with van der Waals surface area (Å²) in [6.45, 7) is 0. The molecule has 0 aliphatic heterocycles. The van der Waals surface area contributed by atoms with Crippen LogP contribution in [0.25, 0.3) is 11.3 Å². The topological polar surface area (TPSA) is 71.8 Å². The van der Waals surface area contributed by atoms with E-state index < -0.39 is 4.92 Å². The molecule has 1 aromatic heterocycles. The number of nitrogens with one attached hydrogen (secondary N) is 1. The van der Waals surface area contributed by atoms with Crippen LogP contribution in [-0.2, 0) is 0 Å². The Labute approximate surface area is 110 Å². The highest BCUT2D eigenvalue weighted by Crippen LogP contribution is 2.35. The van der Waals surface area contributed by atoms with Crippen molar-refractivity contribution in [3.05, 3.63) is 39.0 Å². The lowest BCUT2D eigenvalue weighted by atomic mass is 10.1. The van der Waals surface area contributed by atoms with Crippen molar-refractivity contribution in [2.45, 2.75) is 4.90 Å². The van der Waals surface area contributed by atoms with Gasteiger partial charge in [-0.2, -0.15) is 5.10 Å². The molecule has 17 heavy (non-hydrogen) atoms. The molecular weight excluding hydrogens is 306 g/mol. The van der Waals surface area contributed by atoms with Crippen LogP contribution in [0.4, 0.5) is 5.69 Å². The second kappa shape index (κ2) is 4.89. The maximum atomic E-state index is 10.8. The van der Waals surface area contributed by atoms with Gasteiger partial charge in [0.15, 0.2) is 0 Å². The van der Waals surface area contributed by atoms with Gasteiger partial charge < -0.3 is 0 Å². The van der Waals surface area contributed by atoms with Crippen LogP contribution in [0.2, 0.25) is 0 Å². The number of aromatic nitrogens is 2. The molecule has 0 atom stereocenters. The number of nitro benzene ring substituents is 1. The van der Waals surface area contributed by atoms with E-state index >= 15 is 0 Å². The average Bonchev–Trinajstić information content (AvgIpc) is 2.74. The molecule has 0 fully saturated rings. The number of aromatic amines is 1. The lowest BCUT2D eigenvalue weighted by Gasteiger charge is -2.05. The fourth-order valence-corrected chi connectivity index (χ4v) is 2.45. The van der Waals surface area contributed by atoms with Crippen molar-refractivity contribution in [3.8, 4) is 11.3 Å². The largest absolute Gasteiger partial charge is 0.277 e. The Bertz CT molecular complexity index is 570. The Balaban J connectivity index is 2.61. The standard InChI is InChI=1S/C10H8BrN3O2S/c1-17-9-3-2-6(14(15)16)4-7(9)10-8(11)5-12-13-10/h2-5H,1H3,(H,12,13). The Morgan fingerprint density at radius 3 is 2.82 bits per heavy atom. The second-order valence-corrected chi connectivity index (χ2v) is 4.94. The molecule has 0 aliphatic rings. The summed E-state index contributed by atoms with van der Waals surface area (Å²) in [4.78, 5) is 11.3. The monoisotopic (exact) mass is 313 g/mol. The predicted octanol–water partition coefficient (Wildman–Crippen LogP) is 3.47. The van der Waals surface area contributed by atoms with Crippen molar-refractivity contribution < 1.29 is 4.92 Å². The molecule has 0 saturated heterocycles. The lowest BCUT2D eigenvalue weighted by Crippen LogP contribution is -1.90. The maximum Gasteiger partial charge on any atom is 0.270 e. The van der Waals surface area contributed by atoms with Gasteiger partial charge in [0.05, 0.1) is 21.3 Å². The molecule has 1 heterocycles. The van der Waals surface area contributed by atoms with Crippen LogP contribution < -0.4 is 0 Å². The first-order valence-corrected chi connectivity index (χ1v) is 6.67. The van der Waals surface area contributed by atoms with Crippen LogP contribution in [0.15, 0.2) is 33.8 Å². The van der Waals surface area contributed by atoms with Gasteiger partial charge in [-0.05, 0) is 28.3 Å². The van der Waals surface area contributed by atoms with Gasteiger partial charge in [-0.15, -0.1) is 11.8 Å². The summed E-state index contributed by atoms with van der Waals surface area (Å²) in [6, 6.07) is 4.79. The lowest BCUT2D eigenvalue weighted by molar-refractivity contribution is -0.384. The number of thioether (sulfide) groups is 1. The number of nitrogens with zero attached hydrogens (tertiary/aromatic N) is 2. The van der Waals surface area contributed by atoms with Gasteiger partial charge in [-0.25, -0.2) is 0 Å². The zero-order valence-electron chi connectivity index (χ0n) is 8.81. The first-order chi connectivity index (χ1) is 8.13. The van der Waals surface area contributed by atoms with Crippen LogP contribution in [0, 0.1) is 10.1 Å². The molecular formula is C10H8BrN3O2S. The van der Waals surface area contributed by atoms with Crippen molar-refractivity contribution in [1.82, 2.24) is 10.2 Å². The predicted molar refractivity (Wildman–Crippen MR) is 70.2 cm³/mol. The summed E-state index contributed by atoms with van der Waals surface area (Å²) in [6.07, 6.45) is 3.55. The van der Waals surface area contributed by atoms with Crippen molar-refractivity contribution in [3.63, 3.8) is 0 Å². The first-order valence-electron chi connectivity index (χ1n) is 4.65. The van der Waals surface area contributed by atoms with E-state index in [1.165, 1.54) is 17.8 Å². The number of halogens is 1. The van der Waals surface area contributed by atoms with E-state index in [-0.39, 0.29) is 5.69 Å². The van der Waals surface area contributed by atoms with E-state index in [0.717, 1.165) is 20.6 Å². The van der Waals surface area contributed by atoms with E-state index in [9.17, 15) is 10.1 Å². The van der Waals surface area contributed by atoms with Crippen molar-refractivity contribution in [1.29, 1.82) is 0 Å². The highest BCUT2D eigenvalue weighted by atomic mass is 79.9. The molecule has 0 saturated carbocycles. The van der Waals surface area contributed by atoms with Gasteiger partial charge >= 0.3 is 0 Å². The van der Waals surface area contributed by atoms with Gasteiger partial charge in [0.25, 0.3) is 5.69 Å². The summed E-state index contributed by atoms with van der Waals surface area (Å²) in [5.74, 6) is 0. The quantitative estimate of drug-likeness (QED) is 0.535. The molecule has 1 N–H and O–H groups in total. The van der Waals surface area contributed by atoms with E-state index in [1.54, 1.807) is 18.3 Å². The Morgan fingerprint density at radius 2 is 2.29 bits per heavy atom. The van der Waals surface area contributed by atoms with Crippen molar-refractivity contribution in [2.24, 2.45) is 0 Å². The maximum absolute atomic E-state index is 10.8. The van der Waals surface area contributed by atoms with Gasteiger partial charge in [0, 0.05) is 22.6 Å². The van der Waals surface area contributed by atoms with E-state index in [0.29, 0.717) is 0 Å². The number of H-pyrrole nitrogens is 1. The smallest absolute Gasteiger partial charge is 0.270 e. The van der Waals surface area contributed by atoms with E-state index in [2.05, 4.69) is 26.1 Å². The minimum Gasteiger partial charge on any atom is -0.277 e. The molecule has 2 rings (SSSR count). The van der Waals surface area contributed by atoms with Gasteiger partial charge in [0.2, 0.25) is 0 Å². The van der Waals surface area contributed by atoms with Gasteiger partial charge in [-0.3, -0.25) is 15.2 Å². The summed E-state index contributed by atoms with van der Waals surface area (Å²) in [7, 11) is 0. The van der Waals surface area contributed by atoms with Crippen LogP contribution in [0.3, 0.4) is 0 Å². The Hall–Kier alpha value is -1.34. The van der Waals surface area contributed by atoms with Crippen LogP contribution in [-0.4, -0.2) is 21.4 Å². The normalized spacial score (nSPS) is 10.5. The molecule has 88 valence electrons. The highest BCUT2D eigenvalue weighted by Gasteiger charge is 2.15. The second-order valence-electron chi connectivity index (χ2n) is 3.23. The van der Waals surface area contributed by atoms with Crippen LogP contribution in [0.1, 0.15) is 0 Å². The summed E-state index contributed by atoms with van der Waals surface area (Å²) < 4.78 is 0.785. The third kappa shape index (κ3) is 2.34. The minimum atomic E-state index is -0.405. The number of nitro groups is 1. The average molecular weight is 314 g/mol. The molecule has 0 aliphatic carbocycles. The van der Waals surface area contributed by atoms with Crippen molar-refractivity contribution in [2.75, 3.05) is 6.26 Å². The number of hydrogen-bond donors (Lipinski definition) is 1. The number of benzene rings is 1. The molecule has 5 nitrogen and oxygen atoms in total. The zero-order chi connectivity index (χ0) is 12.4. The third-order valence-electron chi connectivity index (χ3n) is 2.26. The highest BCUT2D eigenvalue weighted by molar-refractivity contribution is 9.10. The molecule has 0 amide bonds. The SMILES string of the molecule is CSc1ccc([N+](=O)[O-])cc1-c1[nH]ncc1Br. The fraction of sp³-hybridized carbons (Fsp3) is 0.100. The summed E-state index contributed by atoms with van der Waals surface area (Å²) in [5, 5.41) is 17.5. The molecule has 1 aromatic carbocycles. The molecule has 0 bridgehead atoms. The Kier molecular flexibility index (Phi) is 3.49. The first kappa shape index (κ1) is 12.1. The third-order valence-corrected chi connectivity index (χ3v) is 3.65. The van der Waals surface area contributed by atoms with Crippen LogP contribution >= 0.6 is 27.7 Å². The number of non-ortho nitro benzene ring substituents is 1. The molecule has 7 heteroatoms. The summed E-state index contributed by atoms with van der Waals surface area (Å²) in [5.41, 5.74) is 1.59. The van der Waals surface area contributed by atoms with E-state index in [4.69, 9.17) is 0 Å². The van der Waals surface area contributed by atoms with Crippen molar-refractivity contribution >= 4 is 33.4 Å². The van der Waals surface area contributed by atoms with Gasteiger partial charge in [-0.1, -0.05) is 0 Å². The molecule has 0 spiro atoms. The fourth-order valence-electron chi connectivity index (χ4n) is 1.47. The Morgan fingerprint density at radius 1 is 1.53 bits per heavy atom. The number of hydrogen-bond acceptors (Lipinski definition) is 4. The van der Waals surface area contributed by atoms with Crippen LogP contribution in [0.5, 0.6) is 0 Å². The van der Waals surface area contributed by atoms with Gasteiger partial charge in [0.1, 0.15) is 0 Å². The molecule has 2 aromatic rings. The number of rotatable bonds is 3. The molecule has 0 radical (unpaired) electrons. The minimum absolute atomic E-state index is 0.0688.